The fourth-order valence-electron chi connectivity index (χ4n) is 1.75. The van der Waals surface area contributed by atoms with Crippen LogP contribution in [0.2, 0.25) is 5.02 Å². The minimum atomic E-state index is -0.0886. The van der Waals surface area contributed by atoms with Crippen LogP contribution in [0.5, 0.6) is 0 Å². The van der Waals surface area contributed by atoms with E-state index in [-0.39, 0.29) is 12.1 Å². The van der Waals surface area contributed by atoms with E-state index in [0.717, 1.165) is 23.1 Å². The van der Waals surface area contributed by atoms with Gasteiger partial charge in [0.05, 0.1) is 12.7 Å². The summed E-state index contributed by atoms with van der Waals surface area (Å²) in [5.41, 5.74) is 6.96. The van der Waals surface area contributed by atoms with Crippen LogP contribution in [0, 0.1) is 5.92 Å². The summed E-state index contributed by atoms with van der Waals surface area (Å²) in [6, 6.07) is 7.72. The molecule has 2 nitrogen and oxygen atoms in total. The van der Waals surface area contributed by atoms with Crippen molar-refractivity contribution in [1.82, 2.24) is 0 Å². The zero-order valence-corrected chi connectivity index (χ0v) is 10.3. The SMILES string of the molecule is CC(N)C(OCC1CC1)c1ccccc1Cl. The van der Waals surface area contributed by atoms with Crippen LogP contribution in [0.4, 0.5) is 0 Å². The maximum Gasteiger partial charge on any atom is 0.0987 e. The maximum atomic E-state index is 6.16. The molecule has 0 bridgehead atoms. The Kier molecular flexibility index (Phi) is 3.85. The van der Waals surface area contributed by atoms with Gasteiger partial charge in [-0.3, -0.25) is 0 Å². The lowest BCUT2D eigenvalue weighted by molar-refractivity contribution is 0.0315. The molecule has 2 rings (SSSR count). The third kappa shape index (κ3) is 2.97. The standard InChI is InChI=1S/C13H18ClNO/c1-9(15)13(16-8-10-6-7-10)11-4-2-3-5-12(11)14/h2-5,9-10,13H,6-8,15H2,1H3. The Labute approximate surface area is 102 Å². The number of benzene rings is 1. The van der Waals surface area contributed by atoms with Crippen molar-refractivity contribution in [3.8, 4) is 0 Å². The summed E-state index contributed by atoms with van der Waals surface area (Å²) in [5, 5.41) is 0.737. The zero-order chi connectivity index (χ0) is 11.5. The van der Waals surface area contributed by atoms with Gasteiger partial charge in [0.15, 0.2) is 0 Å². The van der Waals surface area contributed by atoms with Crippen molar-refractivity contribution in [2.24, 2.45) is 11.7 Å². The highest BCUT2D eigenvalue weighted by Gasteiger charge is 2.26. The Balaban J connectivity index is 2.08. The molecular weight excluding hydrogens is 222 g/mol. The predicted octanol–water partition coefficient (Wildman–Crippen LogP) is 3.15. The number of ether oxygens (including phenoxy) is 1. The van der Waals surface area contributed by atoms with Gasteiger partial charge in [-0.1, -0.05) is 29.8 Å². The van der Waals surface area contributed by atoms with Gasteiger partial charge in [-0.05, 0) is 31.7 Å². The molecule has 1 saturated carbocycles. The third-order valence-corrected chi connectivity index (χ3v) is 3.24. The van der Waals surface area contributed by atoms with Crippen LogP contribution in [-0.2, 0) is 4.74 Å². The van der Waals surface area contributed by atoms with Crippen LogP contribution >= 0.6 is 11.6 Å². The Bertz CT molecular complexity index is 350. The molecule has 1 aliphatic carbocycles. The highest BCUT2D eigenvalue weighted by atomic mass is 35.5. The number of hydrogen-bond donors (Lipinski definition) is 1. The second-order valence-corrected chi connectivity index (χ2v) is 4.99. The fourth-order valence-corrected chi connectivity index (χ4v) is 2.00. The monoisotopic (exact) mass is 239 g/mol. The summed E-state index contributed by atoms with van der Waals surface area (Å²) >= 11 is 6.16. The Morgan fingerprint density at radius 1 is 1.44 bits per heavy atom. The average molecular weight is 240 g/mol. The van der Waals surface area contributed by atoms with E-state index in [1.165, 1.54) is 12.8 Å². The molecule has 2 N–H and O–H groups in total. The summed E-state index contributed by atoms with van der Waals surface area (Å²) in [4.78, 5) is 0. The minimum absolute atomic E-state index is 0.0429. The highest BCUT2D eigenvalue weighted by Crippen LogP contribution is 2.33. The number of nitrogens with two attached hydrogens (primary N) is 1. The van der Waals surface area contributed by atoms with Gasteiger partial charge in [0, 0.05) is 16.6 Å². The van der Waals surface area contributed by atoms with E-state index in [4.69, 9.17) is 22.1 Å². The summed E-state index contributed by atoms with van der Waals surface area (Å²) in [7, 11) is 0. The van der Waals surface area contributed by atoms with Gasteiger partial charge in [-0.2, -0.15) is 0 Å². The minimum Gasteiger partial charge on any atom is -0.372 e. The van der Waals surface area contributed by atoms with Gasteiger partial charge in [0.2, 0.25) is 0 Å². The van der Waals surface area contributed by atoms with Crippen molar-refractivity contribution >= 4 is 11.6 Å². The van der Waals surface area contributed by atoms with E-state index in [1.807, 2.05) is 31.2 Å². The Hall–Kier alpha value is -0.570. The molecule has 1 fully saturated rings. The summed E-state index contributed by atoms with van der Waals surface area (Å²) in [6.07, 6.45) is 2.48. The van der Waals surface area contributed by atoms with E-state index in [0.29, 0.717) is 0 Å². The van der Waals surface area contributed by atoms with Crippen molar-refractivity contribution in [2.45, 2.75) is 31.9 Å². The number of hydrogen-bond acceptors (Lipinski definition) is 2. The molecule has 3 heteroatoms. The number of halogens is 1. The summed E-state index contributed by atoms with van der Waals surface area (Å²) in [5.74, 6) is 0.740. The topological polar surface area (TPSA) is 35.2 Å². The molecule has 2 atom stereocenters. The molecule has 0 spiro atoms. The van der Waals surface area contributed by atoms with Crippen molar-refractivity contribution in [3.05, 3.63) is 34.9 Å². The van der Waals surface area contributed by atoms with Gasteiger partial charge in [-0.15, -0.1) is 0 Å². The quantitative estimate of drug-likeness (QED) is 0.857. The molecule has 0 aromatic heterocycles. The fraction of sp³-hybridized carbons (Fsp3) is 0.538. The van der Waals surface area contributed by atoms with Crippen molar-refractivity contribution < 1.29 is 4.74 Å². The average Bonchev–Trinajstić information content (AvgIpc) is 3.04. The van der Waals surface area contributed by atoms with Crippen LogP contribution in [0.25, 0.3) is 0 Å². The lowest BCUT2D eigenvalue weighted by Crippen LogP contribution is -2.27. The molecule has 0 amide bonds. The maximum absolute atomic E-state index is 6.16. The van der Waals surface area contributed by atoms with Crippen molar-refractivity contribution in [3.63, 3.8) is 0 Å². The lowest BCUT2D eigenvalue weighted by atomic mass is 10.0. The molecule has 1 aromatic carbocycles. The van der Waals surface area contributed by atoms with Gasteiger partial charge in [0.25, 0.3) is 0 Å². The van der Waals surface area contributed by atoms with Gasteiger partial charge < -0.3 is 10.5 Å². The smallest absolute Gasteiger partial charge is 0.0987 e. The normalized spacial score (nSPS) is 19.4. The molecule has 1 aliphatic rings. The molecule has 0 heterocycles. The molecule has 88 valence electrons. The van der Waals surface area contributed by atoms with Crippen LogP contribution in [0.1, 0.15) is 31.4 Å². The first-order valence-electron chi connectivity index (χ1n) is 5.80. The van der Waals surface area contributed by atoms with Gasteiger partial charge >= 0.3 is 0 Å². The summed E-state index contributed by atoms with van der Waals surface area (Å²) in [6.45, 7) is 2.76. The molecule has 1 aromatic rings. The molecule has 0 radical (unpaired) electrons. The van der Waals surface area contributed by atoms with E-state index in [1.54, 1.807) is 0 Å². The first kappa shape index (κ1) is 11.9. The third-order valence-electron chi connectivity index (χ3n) is 2.90. The lowest BCUT2D eigenvalue weighted by Gasteiger charge is -2.22. The van der Waals surface area contributed by atoms with E-state index in [9.17, 15) is 0 Å². The van der Waals surface area contributed by atoms with E-state index in [2.05, 4.69) is 0 Å². The number of rotatable bonds is 5. The van der Waals surface area contributed by atoms with Crippen LogP contribution in [0.15, 0.2) is 24.3 Å². The molecule has 0 aliphatic heterocycles. The molecule has 2 unspecified atom stereocenters. The highest BCUT2D eigenvalue weighted by molar-refractivity contribution is 6.31. The van der Waals surface area contributed by atoms with Crippen molar-refractivity contribution in [2.75, 3.05) is 6.61 Å². The largest absolute Gasteiger partial charge is 0.372 e. The van der Waals surface area contributed by atoms with Crippen LogP contribution in [-0.4, -0.2) is 12.6 Å². The van der Waals surface area contributed by atoms with E-state index < -0.39 is 0 Å². The Morgan fingerprint density at radius 2 is 2.12 bits per heavy atom. The Morgan fingerprint density at radius 3 is 2.69 bits per heavy atom. The molecule has 16 heavy (non-hydrogen) atoms. The van der Waals surface area contributed by atoms with Crippen LogP contribution in [0.3, 0.4) is 0 Å². The van der Waals surface area contributed by atoms with Gasteiger partial charge in [0.1, 0.15) is 0 Å². The van der Waals surface area contributed by atoms with Crippen LogP contribution < -0.4 is 5.73 Å². The molecular formula is C13H18ClNO. The second-order valence-electron chi connectivity index (χ2n) is 4.58. The second kappa shape index (κ2) is 5.17. The molecule has 0 saturated heterocycles. The van der Waals surface area contributed by atoms with Gasteiger partial charge in [-0.25, -0.2) is 0 Å². The summed E-state index contributed by atoms with van der Waals surface area (Å²) < 4.78 is 5.88. The van der Waals surface area contributed by atoms with E-state index >= 15 is 0 Å². The zero-order valence-electron chi connectivity index (χ0n) is 9.53. The first-order chi connectivity index (χ1) is 7.68. The first-order valence-corrected chi connectivity index (χ1v) is 6.18. The predicted molar refractivity (Wildman–Crippen MR) is 66.5 cm³/mol. The van der Waals surface area contributed by atoms with Crippen molar-refractivity contribution in [1.29, 1.82) is 0 Å².